The van der Waals surface area contributed by atoms with Crippen molar-refractivity contribution >= 4 is 11.0 Å². The van der Waals surface area contributed by atoms with E-state index in [2.05, 4.69) is 40.2 Å². The molecule has 2 aliphatic carbocycles. The van der Waals surface area contributed by atoms with E-state index in [-0.39, 0.29) is 0 Å². The maximum atomic E-state index is 5.91. The van der Waals surface area contributed by atoms with E-state index < -0.39 is 0 Å². The molecule has 0 radical (unpaired) electrons. The number of hydrogen-bond donors (Lipinski definition) is 2. The summed E-state index contributed by atoms with van der Waals surface area (Å²) in [6.07, 6.45) is 6.74. The van der Waals surface area contributed by atoms with Gasteiger partial charge in [-0.2, -0.15) is 0 Å². The van der Waals surface area contributed by atoms with Crippen LogP contribution < -0.4 is 5.73 Å². The van der Waals surface area contributed by atoms with Gasteiger partial charge in [0.1, 0.15) is 5.82 Å². The molecule has 1 fully saturated rings. The first kappa shape index (κ1) is 16.9. The van der Waals surface area contributed by atoms with Crippen LogP contribution in [0.3, 0.4) is 0 Å². The van der Waals surface area contributed by atoms with Gasteiger partial charge < -0.3 is 10.7 Å². The van der Waals surface area contributed by atoms with E-state index in [9.17, 15) is 0 Å². The Morgan fingerprint density at radius 2 is 2.07 bits per heavy atom. The number of aryl methyl sites for hydroxylation is 1. The maximum absolute atomic E-state index is 5.91. The minimum atomic E-state index is 0.377. The summed E-state index contributed by atoms with van der Waals surface area (Å²) in [5.41, 5.74) is 10.7. The molecule has 3 N–H and O–H groups in total. The number of rotatable bonds is 6. The van der Waals surface area contributed by atoms with E-state index >= 15 is 0 Å². The Morgan fingerprint density at radius 1 is 1.15 bits per heavy atom. The van der Waals surface area contributed by atoms with E-state index in [1.807, 2.05) is 12.3 Å². The van der Waals surface area contributed by atoms with E-state index in [0.29, 0.717) is 17.9 Å². The average molecular weight is 361 g/mol. The van der Waals surface area contributed by atoms with Crippen LogP contribution in [0.15, 0.2) is 42.6 Å². The molecule has 140 valence electrons. The van der Waals surface area contributed by atoms with Crippen molar-refractivity contribution in [3.05, 3.63) is 59.7 Å². The van der Waals surface area contributed by atoms with Crippen LogP contribution in [-0.4, -0.2) is 32.9 Å². The van der Waals surface area contributed by atoms with Crippen molar-refractivity contribution in [1.82, 2.24) is 19.9 Å². The Balaban J connectivity index is 1.44. The molecule has 0 spiro atoms. The summed E-state index contributed by atoms with van der Waals surface area (Å²) >= 11 is 0. The van der Waals surface area contributed by atoms with Gasteiger partial charge in [-0.15, -0.1) is 0 Å². The third-order valence-corrected chi connectivity index (χ3v) is 6.24. The number of pyridine rings is 1. The van der Waals surface area contributed by atoms with Gasteiger partial charge in [-0.1, -0.05) is 18.2 Å². The number of fused-ring (bicyclic) bond motifs is 2. The van der Waals surface area contributed by atoms with Crippen molar-refractivity contribution in [3.63, 3.8) is 0 Å². The zero-order chi connectivity index (χ0) is 18.2. The fourth-order valence-electron chi connectivity index (χ4n) is 4.64. The summed E-state index contributed by atoms with van der Waals surface area (Å²) in [5, 5.41) is 0. The van der Waals surface area contributed by atoms with Gasteiger partial charge in [0.15, 0.2) is 0 Å². The summed E-state index contributed by atoms with van der Waals surface area (Å²) in [6.45, 7) is 2.73. The largest absolute Gasteiger partial charge is 0.341 e. The Bertz CT molecular complexity index is 900. The highest BCUT2D eigenvalue weighted by Crippen LogP contribution is 2.41. The van der Waals surface area contributed by atoms with Gasteiger partial charge in [-0.25, -0.2) is 4.98 Å². The Labute approximate surface area is 160 Å². The lowest BCUT2D eigenvalue weighted by Crippen LogP contribution is -2.34. The standard InChI is InChI=1S/C22H27N5/c23-12-16-11-17(16)13-27(14-21-25-18-7-1-2-8-19(18)26-21)20-9-3-5-15-6-4-10-24-22(15)20/h1-2,4,6-8,10,16-17,20H,3,5,9,11-14,23H2,(H,25,26)/t16-,17?,20+/m1/s1. The molecule has 0 amide bonds. The molecule has 1 saturated carbocycles. The molecule has 2 aliphatic rings. The van der Waals surface area contributed by atoms with Crippen LogP contribution in [0.4, 0.5) is 0 Å². The van der Waals surface area contributed by atoms with Crippen LogP contribution in [0, 0.1) is 11.8 Å². The molecule has 0 bridgehead atoms. The molecule has 3 atom stereocenters. The van der Waals surface area contributed by atoms with Gasteiger partial charge in [-0.05, 0) is 67.8 Å². The van der Waals surface area contributed by atoms with Gasteiger partial charge in [0.2, 0.25) is 0 Å². The highest BCUT2D eigenvalue weighted by molar-refractivity contribution is 5.74. The van der Waals surface area contributed by atoms with Crippen LogP contribution in [0.25, 0.3) is 11.0 Å². The molecule has 3 aromatic rings. The van der Waals surface area contributed by atoms with Gasteiger partial charge >= 0.3 is 0 Å². The number of benzene rings is 1. The topological polar surface area (TPSA) is 70.8 Å². The minimum Gasteiger partial charge on any atom is -0.341 e. The predicted molar refractivity (Wildman–Crippen MR) is 107 cm³/mol. The fraction of sp³-hybridized carbons (Fsp3) is 0.455. The molecule has 2 aromatic heterocycles. The second kappa shape index (κ2) is 7.06. The highest BCUT2D eigenvalue weighted by Gasteiger charge is 2.39. The molecule has 0 saturated heterocycles. The number of nitrogens with two attached hydrogens (primary N) is 1. The maximum Gasteiger partial charge on any atom is 0.121 e. The molecule has 5 rings (SSSR count). The van der Waals surface area contributed by atoms with Crippen molar-refractivity contribution < 1.29 is 0 Å². The highest BCUT2D eigenvalue weighted by atomic mass is 15.2. The van der Waals surface area contributed by atoms with E-state index in [0.717, 1.165) is 42.9 Å². The van der Waals surface area contributed by atoms with Gasteiger partial charge in [-0.3, -0.25) is 9.88 Å². The summed E-state index contributed by atoms with van der Waals surface area (Å²) in [7, 11) is 0. The lowest BCUT2D eigenvalue weighted by molar-refractivity contribution is 0.152. The van der Waals surface area contributed by atoms with Crippen molar-refractivity contribution in [2.45, 2.75) is 38.3 Å². The minimum absolute atomic E-state index is 0.377. The second-order valence-corrected chi connectivity index (χ2v) is 8.08. The summed E-state index contributed by atoms with van der Waals surface area (Å²) < 4.78 is 0. The van der Waals surface area contributed by atoms with Crippen molar-refractivity contribution in [2.24, 2.45) is 17.6 Å². The molecule has 27 heavy (non-hydrogen) atoms. The molecule has 0 aliphatic heterocycles. The molecule has 5 heteroatoms. The number of para-hydroxylation sites is 2. The molecular formula is C22H27N5. The lowest BCUT2D eigenvalue weighted by Gasteiger charge is -2.34. The molecule has 1 unspecified atom stereocenters. The van der Waals surface area contributed by atoms with E-state index in [1.165, 1.54) is 30.5 Å². The second-order valence-electron chi connectivity index (χ2n) is 8.08. The average Bonchev–Trinajstić information content (AvgIpc) is 3.34. The van der Waals surface area contributed by atoms with Crippen LogP contribution >= 0.6 is 0 Å². The fourth-order valence-corrected chi connectivity index (χ4v) is 4.64. The van der Waals surface area contributed by atoms with Crippen LogP contribution in [0.2, 0.25) is 0 Å². The molecule has 1 aromatic carbocycles. The number of aromatic nitrogens is 3. The number of imidazole rings is 1. The summed E-state index contributed by atoms with van der Waals surface area (Å²) in [6, 6.07) is 13.0. The summed E-state index contributed by atoms with van der Waals surface area (Å²) in [5.74, 6) is 2.45. The number of aromatic amines is 1. The number of hydrogen-bond acceptors (Lipinski definition) is 4. The molecule has 2 heterocycles. The third kappa shape index (κ3) is 3.37. The normalized spacial score (nSPS) is 24.3. The first-order chi connectivity index (χ1) is 13.3. The Morgan fingerprint density at radius 3 is 2.93 bits per heavy atom. The SMILES string of the molecule is NC[C@H]1CC1CN(Cc1nc2ccccc2[nH]1)[C@H]1CCCc2cccnc21. The predicted octanol–water partition coefficient (Wildman–Crippen LogP) is 3.43. The zero-order valence-electron chi connectivity index (χ0n) is 15.6. The van der Waals surface area contributed by atoms with Crippen LogP contribution in [-0.2, 0) is 13.0 Å². The van der Waals surface area contributed by atoms with E-state index in [4.69, 9.17) is 15.7 Å². The Hall–Kier alpha value is -2.24. The summed E-state index contributed by atoms with van der Waals surface area (Å²) in [4.78, 5) is 15.7. The number of H-pyrrole nitrogens is 1. The molecule has 5 nitrogen and oxygen atoms in total. The van der Waals surface area contributed by atoms with Gasteiger partial charge in [0, 0.05) is 12.7 Å². The Kier molecular flexibility index (Phi) is 4.42. The van der Waals surface area contributed by atoms with Gasteiger partial charge in [0.05, 0.1) is 29.3 Å². The quantitative estimate of drug-likeness (QED) is 0.706. The van der Waals surface area contributed by atoms with E-state index in [1.54, 1.807) is 0 Å². The first-order valence-electron chi connectivity index (χ1n) is 10.1. The van der Waals surface area contributed by atoms with Crippen molar-refractivity contribution in [3.8, 4) is 0 Å². The van der Waals surface area contributed by atoms with Crippen LogP contribution in [0.1, 0.15) is 42.4 Å². The first-order valence-corrected chi connectivity index (χ1v) is 10.1. The third-order valence-electron chi connectivity index (χ3n) is 6.24. The number of nitrogens with zero attached hydrogens (tertiary/aromatic N) is 3. The van der Waals surface area contributed by atoms with Crippen molar-refractivity contribution in [1.29, 1.82) is 0 Å². The van der Waals surface area contributed by atoms with Gasteiger partial charge in [0.25, 0.3) is 0 Å². The smallest absolute Gasteiger partial charge is 0.121 e. The zero-order valence-corrected chi connectivity index (χ0v) is 15.6. The lowest BCUT2D eigenvalue weighted by atomic mass is 9.90. The van der Waals surface area contributed by atoms with Crippen LogP contribution in [0.5, 0.6) is 0 Å². The molecular weight excluding hydrogens is 334 g/mol. The van der Waals surface area contributed by atoms with Crippen molar-refractivity contribution in [2.75, 3.05) is 13.1 Å². The number of nitrogens with one attached hydrogen (secondary N) is 1. The monoisotopic (exact) mass is 361 g/mol.